The van der Waals surface area contributed by atoms with Gasteiger partial charge < -0.3 is 0 Å². The normalized spacial score (nSPS) is 12.6. The van der Waals surface area contributed by atoms with Gasteiger partial charge in [-0.3, -0.25) is 0 Å². The van der Waals surface area contributed by atoms with Crippen LogP contribution < -0.4 is 0 Å². The van der Waals surface area contributed by atoms with E-state index in [0.717, 1.165) is 11.1 Å². The minimum Gasteiger partial charge on any atom is -0.211 e. The molecule has 4 nitrogen and oxygen atoms in total. The van der Waals surface area contributed by atoms with Gasteiger partial charge in [0.05, 0.1) is 12.1 Å². The van der Waals surface area contributed by atoms with Crippen molar-refractivity contribution >= 4 is 12.2 Å². The number of hydrogen-bond donors (Lipinski definition) is 0. The molecule has 2 atom stereocenters. The van der Waals surface area contributed by atoms with E-state index in [4.69, 9.17) is 0 Å². The Morgan fingerprint density at radius 3 is 1.43 bits per heavy atom. The van der Waals surface area contributed by atoms with Gasteiger partial charge in [0.15, 0.2) is 0 Å². The summed E-state index contributed by atoms with van der Waals surface area (Å²) in [6.07, 6.45) is 3.62. The van der Waals surface area contributed by atoms with E-state index in [1.807, 2.05) is 60.7 Å². The maximum Gasteiger partial charge on any atom is 0.235 e. The Morgan fingerprint density at radius 1 is 0.714 bits per heavy atom. The van der Waals surface area contributed by atoms with E-state index in [2.05, 4.69) is 9.98 Å². The third-order valence-electron chi connectivity index (χ3n) is 3.23. The molecular weight excluding hydrogens is 264 g/mol. The van der Waals surface area contributed by atoms with E-state index < -0.39 is 0 Å². The van der Waals surface area contributed by atoms with Crippen molar-refractivity contribution in [3.05, 3.63) is 71.8 Å². The summed E-state index contributed by atoms with van der Waals surface area (Å²) in [6.45, 7) is 0. The smallest absolute Gasteiger partial charge is 0.211 e. The predicted molar refractivity (Wildman–Crippen MR) is 79.2 cm³/mol. The number of aliphatic imine (C=N–C) groups is 2. The van der Waals surface area contributed by atoms with Crippen LogP contribution in [-0.4, -0.2) is 12.2 Å². The standard InChI is InChI=1S/C17H14N2O2/c20-12-18-16(14-7-3-1-4-8-14)11-17(19-13-21)15-9-5-2-6-10-15/h1-10,16-17H,11H2. The largest absolute Gasteiger partial charge is 0.235 e. The summed E-state index contributed by atoms with van der Waals surface area (Å²) < 4.78 is 0. The zero-order valence-corrected chi connectivity index (χ0v) is 11.3. The van der Waals surface area contributed by atoms with Crippen LogP contribution >= 0.6 is 0 Å². The maximum atomic E-state index is 10.7. The highest BCUT2D eigenvalue weighted by Crippen LogP contribution is 2.31. The van der Waals surface area contributed by atoms with Crippen molar-refractivity contribution < 1.29 is 9.59 Å². The fourth-order valence-electron chi connectivity index (χ4n) is 2.22. The second-order valence-corrected chi connectivity index (χ2v) is 4.53. The molecule has 0 aliphatic heterocycles. The first-order valence-electron chi connectivity index (χ1n) is 6.59. The van der Waals surface area contributed by atoms with Crippen molar-refractivity contribution in [1.29, 1.82) is 0 Å². The molecule has 0 radical (unpaired) electrons. The molecule has 2 unspecified atom stereocenters. The number of benzene rings is 2. The van der Waals surface area contributed by atoms with Crippen LogP contribution in [0.5, 0.6) is 0 Å². The van der Waals surface area contributed by atoms with E-state index in [-0.39, 0.29) is 12.1 Å². The molecule has 0 fully saturated rings. The molecule has 21 heavy (non-hydrogen) atoms. The first-order valence-corrected chi connectivity index (χ1v) is 6.59. The molecule has 2 aromatic carbocycles. The maximum absolute atomic E-state index is 10.7. The van der Waals surface area contributed by atoms with E-state index in [1.54, 1.807) is 12.2 Å². The van der Waals surface area contributed by atoms with Crippen LogP contribution in [0.25, 0.3) is 0 Å². The minimum atomic E-state index is -0.383. The van der Waals surface area contributed by atoms with Gasteiger partial charge in [-0.25, -0.2) is 9.59 Å². The summed E-state index contributed by atoms with van der Waals surface area (Å²) in [4.78, 5) is 29.0. The van der Waals surface area contributed by atoms with Gasteiger partial charge >= 0.3 is 0 Å². The fourth-order valence-corrected chi connectivity index (χ4v) is 2.22. The summed E-state index contributed by atoms with van der Waals surface area (Å²) in [5, 5.41) is 0. The van der Waals surface area contributed by atoms with Gasteiger partial charge in [0, 0.05) is 6.42 Å². The van der Waals surface area contributed by atoms with Crippen LogP contribution in [0.15, 0.2) is 70.6 Å². The number of nitrogens with zero attached hydrogens (tertiary/aromatic N) is 2. The minimum absolute atomic E-state index is 0.383. The van der Waals surface area contributed by atoms with Crippen molar-refractivity contribution in [3.63, 3.8) is 0 Å². The van der Waals surface area contributed by atoms with Gasteiger partial charge in [-0.05, 0) is 11.1 Å². The highest BCUT2D eigenvalue weighted by molar-refractivity contribution is 5.37. The Hall–Kier alpha value is -2.80. The number of hydrogen-bond acceptors (Lipinski definition) is 4. The Kier molecular flexibility index (Phi) is 5.36. The molecule has 0 heterocycles. The summed E-state index contributed by atoms with van der Waals surface area (Å²) in [5.41, 5.74) is 1.78. The van der Waals surface area contributed by atoms with Gasteiger partial charge in [0.2, 0.25) is 12.2 Å². The van der Waals surface area contributed by atoms with Crippen LogP contribution in [0.4, 0.5) is 0 Å². The summed E-state index contributed by atoms with van der Waals surface area (Å²) >= 11 is 0. The van der Waals surface area contributed by atoms with Crippen molar-refractivity contribution in [2.75, 3.05) is 0 Å². The molecule has 0 aromatic heterocycles. The van der Waals surface area contributed by atoms with Gasteiger partial charge in [-0.1, -0.05) is 60.7 Å². The molecule has 0 amide bonds. The topological polar surface area (TPSA) is 58.9 Å². The monoisotopic (exact) mass is 278 g/mol. The zero-order chi connectivity index (χ0) is 14.9. The highest BCUT2D eigenvalue weighted by atomic mass is 16.1. The van der Waals surface area contributed by atoms with Gasteiger partial charge in [-0.15, -0.1) is 0 Å². The third kappa shape index (κ3) is 4.08. The van der Waals surface area contributed by atoms with Crippen LogP contribution in [0.1, 0.15) is 29.6 Å². The Morgan fingerprint density at radius 2 is 1.10 bits per heavy atom. The first-order chi connectivity index (χ1) is 10.3. The molecule has 2 aromatic rings. The second-order valence-electron chi connectivity index (χ2n) is 4.53. The molecule has 0 bridgehead atoms. The van der Waals surface area contributed by atoms with Crippen molar-refractivity contribution in [1.82, 2.24) is 0 Å². The molecule has 0 aliphatic carbocycles. The Labute approximate surface area is 122 Å². The van der Waals surface area contributed by atoms with Gasteiger partial charge in [-0.2, -0.15) is 9.98 Å². The van der Waals surface area contributed by atoms with E-state index in [0.29, 0.717) is 6.42 Å². The fraction of sp³-hybridized carbons (Fsp3) is 0.176. The lowest BCUT2D eigenvalue weighted by Crippen LogP contribution is -2.03. The molecule has 104 valence electrons. The van der Waals surface area contributed by atoms with Crippen LogP contribution in [0.2, 0.25) is 0 Å². The molecule has 0 N–H and O–H groups in total. The molecule has 0 saturated carbocycles. The molecule has 4 heteroatoms. The average molecular weight is 278 g/mol. The first kappa shape index (κ1) is 14.6. The molecule has 0 spiro atoms. The summed E-state index contributed by atoms with van der Waals surface area (Å²) in [5.74, 6) is 0. The van der Waals surface area contributed by atoms with Crippen molar-refractivity contribution in [3.8, 4) is 0 Å². The number of isocyanates is 2. The van der Waals surface area contributed by atoms with Gasteiger partial charge in [0.1, 0.15) is 0 Å². The summed E-state index contributed by atoms with van der Waals surface area (Å²) in [6, 6.07) is 18.1. The van der Waals surface area contributed by atoms with E-state index >= 15 is 0 Å². The quantitative estimate of drug-likeness (QED) is 0.599. The average Bonchev–Trinajstić information content (AvgIpc) is 2.55. The van der Waals surface area contributed by atoms with Crippen molar-refractivity contribution in [2.24, 2.45) is 9.98 Å². The lowest BCUT2D eigenvalue weighted by Gasteiger charge is -2.16. The predicted octanol–water partition coefficient (Wildman–Crippen LogP) is 3.53. The molecule has 0 aliphatic rings. The Bertz CT molecular complexity index is 598. The second kappa shape index (κ2) is 7.71. The van der Waals surface area contributed by atoms with Crippen molar-refractivity contribution in [2.45, 2.75) is 18.5 Å². The lowest BCUT2D eigenvalue weighted by atomic mass is 9.95. The molecular formula is C17H14N2O2. The van der Waals surface area contributed by atoms with Gasteiger partial charge in [0.25, 0.3) is 0 Å². The van der Waals surface area contributed by atoms with E-state index in [9.17, 15) is 9.59 Å². The van der Waals surface area contributed by atoms with Crippen LogP contribution in [0, 0.1) is 0 Å². The number of carbonyl (C=O) groups excluding carboxylic acids is 2. The zero-order valence-electron chi connectivity index (χ0n) is 11.3. The number of rotatable bonds is 6. The highest BCUT2D eigenvalue weighted by Gasteiger charge is 2.18. The Balaban J connectivity index is 2.29. The van der Waals surface area contributed by atoms with E-state index in [1.165, 1.54) is 0 Å². The summed E-state index contributed by atoms with van der Waals surface area (Å²) in [7, 11) is 0. The molecule has 0 saturated heterocycles. The van der Waals surface area contributed by atoms with Crippen LogP contribution in [0.3, 0.4) is 0 Å². The SMILES string of the molecule is O=C=NC(CC(N=C=O)c1ccccc1)c1ccccc1. The lowest BCUT2D eigenvalue weighted by molar-refractivity contribution is 0.524. The molecule has 2 rings (SSSR count). The third-order valence-corrected chi connectivity index (χ3v) is 3.23. The van der Waals surface area contributed by atoms with Crippen LogP contribution in [-0.2, 0) is 9.59 Å².